The molecule has 2 N–H and O–H groups in total. The third kappa shape index (κ3) is 3.91. The van der Waals surface area contributed by atoms with Crippen molar-refractivity contribution in [1.82, 2.24) is 10.1 Å². The molecule has 0 amide bonds. The molecule has 0 aromatic carbocycles. The maximum absolute atomic E-state index is 12.5. The average molecular weight is 271 g/mol. The molecule has 0 spiro atoms. The lowest BCUT2D eigenvalue weighted by Crippen LogP contribution is -2.32. The molecule has 0 saturated heterocycles. The molecular formula is C9H13F4N3O2. The molecule has 5 nitrogen and oxygen atoms in total. The summed E-state index contributed by atoms with van der Waals surface area (Å²) in [6, 6.07) is -0.450. The first-order chi connectivity index (χ1) is 8.36. The van der Waals surface area contributed by atoms with Gasteiger partial charge in [0.1, 0.15) is 13.2 Å². The minimum absolute atomic E-state index is 0.0148. The third-order valence-corrected chi connectivity index (χ3v) is 2.09. The van der Waals surface area contributed by atoms with Gasteiger partial charge < -0.3 is 15.0 Å². The van der Waals surface area contributed by atoms with Gasteiger partial charge in [0.15, 0.2) is 5.82 Å². The predicted octanol–water partition coefficient (Wildman–Crippen LogP) is 1.90. The zero-order valence-electron chi connectivity index (χ0n) is 9.58. The molecule has 0 unspecified atom stereocenters. The van der Waals surface area contributed by atoms with Crippen LogP contribution in [0.25, 0.3) is 0 Å². The van der Waals surface area contributed by atoms with Crippen LogP contribution in [0, 0.1) is 0 Å². The van der Waals surface area contributed by atoms with Crippen molar-refractivity contribution in [1.29, 1.82) is 0 Å². The Hall–Kier alpha value is -1.22. The van der Waals surface area contributed by atoms with Crippen molar-refractivity contribution in [2.45, 2.75) is 38.3 Å². The fourth-order valence-electron chi connectivity index (χ4n) is 0.993. The van der Waals surface area contributed by atoms with E-state index in [9.17, 15) is 17.6 Å². The summed E-state index contributed by atoms with van der Waals surface area (Å²) in [5.41, 5.74) is 5.59. The quantitative estimate of drug-likeness (QED) is 0.766. The summed E-state index contributed by atoms with van der Waals surface area (Å²) < 4.78 is 57.7. The van der Waals surface area contributed by atoms with Crippen LogP contribution in [0.5, 0.6) is 0 Å². The second-order valence-electron chi connectivity index (χ2n) is 3.62. The van der Waals surface area contributed by atoms with E-state index in [4.69, 9.17) is 10.3 Å². The number of hydrogen-bond donors (Lipinski definition) is 1. The number of alkyl halides is 4. The second-order valence-corrected chi connectivity index (χ2v) is 3.62. The molecule has 9 heteroatoms. The van der Waals surface area contributed by atoms with Gasteiger partial charge in [0.25, 0.3) is 0 Å². The highest BCUT2D eigenvalue weighted by Gasteiger charge is 2.41. The van der Waals surface area contributed by atoms with Crippen molar-refractivity contribution in [3.8, 4) is 0 Å². The predicted molar refractivity (Wildman–Crippen MR) is 52.1 cm³/mol. The minimum atomic E-state index is -4.19. The number of nitrogens with two attached hydrogens (primary N) is 1. The highest BCUT2D eigenvalue weighted by molar-refractivity contribution is 4.90. The number of hydrogen-bond acceptors (Lipinski definition) is 5. The van der Waals surface area contributed by atoms with E-state index in [2.05, 4.69) is 14.9 Å². The standard InChI is InChI=1S/C9H13F4N3O2/c1-2-5(14)7-15-6(16-18-7)3-17-4-9(12,13)8(10)11/h5,8H,2-4,14H2,1H3/t5-/m1/s1. The Morgan fingerprint density at radius 3 is 2.67 bits per heavy atom. The molecule has 18 heavy (non-hydrogen) atoms. The van der Waals surface area contributed by atoms with Crippen molar-refractivity contribution in [2.24, 2.45) is 5.73 Å². The van der Waals surface area contributed by atoms with Gasteiger partial charge in [-0.15, -0.1) is 0 Å². The van der Waals surface area contributed by atoms with E-state index >= 15 is 0 Å². The van der Waals surface area contributed by atoms with E-state index in [1.165, 1.54) is 0 Å². The van der Waals surface area contributed by atoms with Gasteiger partial charge in [0, 0.05) is 0 Å². The lowest BCUT2D eigenvalue weighted by atomic mass is 10.2. The number of ether oxygens (including phenoxy) is 1. The Kier molecular flexibility index (Phi) is 5.03. The summed E-state index contributed by atoms with van der Waals surface area (Å²) in [7, 11) is 0. The molecule has 0 radical (unpaired) electrons. The lowest BCUT2D eigenvalue weighted by Gasteiger charge is -2.14. The van der Waals surface area contributed by atoms with Gasteiger partial charge in [-0.2, -0.15) is 13.8 Å². The van der Waals surface area contributed by atoms with Crippen LogP contribution in [0.4, 0.5) is 17.6 Å². The highest BCUT2D eigenvalue weighted by Crippen LogP contribution is 2.23. The van der Waals surface area contributed by atoms with Gasteiger partial charge in [-0.1, -0.05) is 12.1 Å². The molecule has 0 aliphatic carbocycles. The second kappa shape index (κ2) is 6.10. The van der Waals surface area contributed by atoms with E-state index in [-0.39, 0.29) is 11.7 Å². The van der Waals surface area contributed by atoms with Crippen LogP contribution in [0.1, 0.15) is 31.1 Å². The van der Waals surface area contributed by atoms with Crippen molar-refractivity contribution < 1.29 is 26.8 Å². The molecule has 1 atom stereocenters. The molecule has 1 heterocycles. The van der Waals surface area contributed by atoms with Crippen LogP contribution >= 0.6 is 0 Å². The van der Waals surface area contributed by atoms with E-state index < -0.39 is 31.6 Å². The summed E-state index contributed by atoms with van der Waals surface area (Å²) in [4.78, 5) is 3.79. The molecule has 1 aromatic heterocycles. The van der Waals surface area contributed by atoms with Gasteiger partial charge in [0.05, 0.1) is 6.04 Å². The van der Waals surface area contributed by atoms with Crippen LogP contribution in [0.2, 0.25) is 0 Å². The monoisotopic (exact) mass is 271 g/mol. The topological polar surface area (TPSA) is 74.2 Å². The maximum atomic E-state index is 12.5. The Labute approximate surface area is 100 Å². The molecule has 0 aliphatic rings. The third-order valence-electron chi connectivity index (χ3n) is 2.09. The Bertz CT molecular complexity index is 372. The van der Waals surface area contributed by atoms with E-state index in [1.54, 1.807) is 6.92 Å². The van der Waals surface area contributed by atoms with E-state index in [0.29, 0.717) is 6.42 Å². The van der Waals surface area contributed by atoms with Crippen LogP contribution in [0.3, 0.4) is 0 Å². The largest absolute Gasteiger partial charge is 0.367 e. The van der Waals surface area contributed by atoms with Crippen molar-refractivity contribution in [3.05, 3.63) is 11.7 Å². The highest BCUT2D eigenvalue weighted by atomic mass is 19.3. The van der Waals surface area contributed by atoms with Crippen LogP contribution in [-0.4, -0.2) is 29.1 Å². The normalized spacial score (nSPS) is 14.2. The smallest absolute Gasteiger partial charge is 0.330 e. The fourth-order valence-corrected chi connectivity index (χ4v) is 0.993. The zero-order valence-corrected chi connectivity index (χ0v) is 9.58. The van der Waals surface area contributed by atoms with Gasteiger partial charge in [-0.3, -0.25) is 0 Å². The summed E-state index contributed by atoms with van der Waals surface area (Å²) in [6.45, 7) is -0.0507. The maximum Gasteiger partial charge on any atom is 0.330 e. The van der Waals surface area contributed by atoms with Crippen LogP contribution in [0.15, 0.2) is 4.52 Å². The molecule has 0 bridgehead atoms. The van der Waals surface area contributed by atoms with Crippen molar-refractivity contribution in [2.75, 3.05) is 6.61 Å². The molecule has 1 aromatic rings. The molecule has 104 valence electrons. The Morgan fingerprint density at radius 2 is 2.11 bits per heavy atom. The number of halogens is 4. The molecular weight excluding hydrogens is 258 g/mol. The van der Waals surface area contributed by atoms with Gasteiger partial charge in [-0.05, 0) is 6.42 Å². The summed E-state index contributed by atoms with van der Waals surface area (Å²) >= 11 is 0. The Balaban J connectivity index is 2.43. The van der Waals surface area contributed by atoms with Crippen LogP contribution in [-0.2, 0) is 11.3 Å². The average Bonchev–Trinajstić information content (AvgIpc) is 2.76. The zero-order chi connectivity index (χ0) is 13.8. The lowest BCUT2D eigenvalue weighted by molar-refractivity contribution is -0.168. The van der Waals surface area contributed by atoms with Gasteiger partial charge >= 0.3 is 12.3 Å². The molecule has 1 rings (SSSR count). The summed E-state index contributed by atoms with van der Waals surface area (Å²) in [6.07, 6.45) is -3.21. The first-order valence-electron chi connectivity index (χ1n) is 5.18. The van der Waals surface area contributed by atoms with Gasteiger partial charge in [-0.25, -0.2) is 8.78 Å². The van der Waals surface area contributed by atoms with E-state index in [1.807, 2.05) is 0 Å². The molecule has 0 saturated carbocycles. The number of aromatic nitrogens is 2. The van der Waals surface area contributed by atoms with Crippen LogP contribution < -0.4 is 5.73 Å². The van der Waals surface area contributed by atoms with Gasteiger partial charge in [0.2, 0.25) is 5.89 Å². The first kappa shape index (κ1) is 14.8. The summed E-state index contributed by atoms with van der Waals surface area (Å²) in [5, 5.41) is 3.43. The first-order valence-corrected chi connectivity index (χ1v) is 5.18. The Morgan fingerprint density at radius 1 is 1.44 bits per heavy atom. The number of nitrogens with zero attached hydrogens (tertiary/aromatic N) is 2. The SMILES string of the molecule is CC[C@@H](N)c1nc(COCC(F)(F)C(F)F)no1. The molecule has 0 aliphatic heterocycles. The van der Waals surface area contributed by atoms with E-state index in [0.717, 1.165) is 0 Å². The summed E-state index contributed by atoms with van der Waals surface area (Å²) in [5.74, 6) is -4.05. The van der Waals surface area contributed by atoms with Crippen molar-refractivity contribution >= 4 is 0 Å². The fraction of sp³-hybridized carbons (Fsp3) is 0.778. The number of rotatable bonds is 7. The molecule has 0 fully saturated rings. The van der Waals surface area contributed by atoms with Crippen molar-refractivity contribution in [3.63, 3.8) is 0 Å². The minimum Gasteiger partial charge on any atom is -0.367 e.